The van der Waals surface area contributed by atoms with Crippen LogP contribution in [-0.4, -0.2) is 35.0 Å². The minimum atomic E-state index is -0.778. The molecule has 5 heteroatoms. The van der Waals surface area contributed by atoms with Crippen LogP contribution in [0.3, 0.4) is 0 Å². The molecule has 1 atom stereocenters. The molecule has 0 bridgehead atoms. The Morgan fingerprint density at radius 2 is 1.95 bits per heavy atom. The molecular formula is C17H22FNO3. The summed E-state index contributed by atoms with van der Waals surface area (Å²) in [4.78, 5) is 24.7. The highest BCUT2D eigenvalue weighted by Crippen LogP contribution is 2.21. The van der Waals surface area contributed by atoms with Crippen LogP contribution >= 0.6 is 0 Å². The predicted octanol–water partition coefficient (Wildman–Crippen LogP) is 2.86. The van der Waals surface area contributed by atoms with E-state index in [0.29, 0.717) is 31.7 Å². The van der Waals surface area contributed by atoms with Gasteiger partial charge in [0.2, 0.25) is 5.91 Å². The first-order chi connectivity index (χ1) is 10.5. The van der Waals surface area contributed by atoms with Crippen LogP contribution in [0.15, 0.2) is 24.3 Å². The summed E-state index contributed by atoms with van der Waals surface area (Å²) in [6.07, 6.45) is 3.76. The van der Waals surface area contributed by atoms with Gasteiger partial charge in [0.05, 0.1) is 0 Å². The maximum atomic E-state index is 12.8. The van der Waals surface area contributed by atoms with Gasteiger partial charge in [-0.25, -0.2) is 4.39 Å². The minimum Gasteiger partial charge on any atom is -0.481 e. The Balaban J connectivity index is 1.78. The van der Waals surface area contributed by atoms with E-state index in [2.05, 4.69) is 0 Å². The lowest BCUT2D eigenvalue weighted by atomic mass is 9.93. The van der Waals surface area contributed by atoms with Crippen molar-refractivity contribution in [2.45, 2.75) is 38.5 Å². The van der Waals surface area contributed by atoms with Crippen LogP contribution < -0.4 is 0 Å². The third-order valence-corrected chi connectivity index (χ3v) is 4.18. The van der Waals surface area contributed by atoms with E-state index >= 15 is 0 Å². The first-order valence-corrected chi connectivity index (χ1v) is 7.78. The van der Waals surface area contributed by atoms with Crippen molar-refractivity contribution >= 4 is 11.9 Å². The molecule has 1 aliphatic heterocycles. The van der Waals surface area contributed by atoms with Gasteiger partial charge in [-0.3, -0.25) is 9.59 Å². The first-order valence-electron chi connectivity index (χ1n) is 7.78. The van der Waals surface area contributed by atoms with Crippen LogP contribution in [0.2, 0.25) is 0 Å². The van der Waals surface area contributed by atoms with Crippen LogP contribution in [0.25, 0.3) is 0 Å². The molecule has 1 aromatic rings. The number of carbonyl (C=O) groups is 2. The van der Waals surface area contributed by atoms with Gasteiger partial charge in [0.25, 0.3) is 0 Å². The number of carbonyl (C=O) groups excluding carboxylic acids is 1. The van der Waals surface area contributed by atoms with Gasteiger partial charge in [0.1, 0.15) is 5.82 Å². The average Bonchev–Trinajstić information content (AvgIpc) is 2.52. The second-order valence-electron chi connectivity index (χ2n) is 5.91. The molecule has 2 rings (SSSR count). The second-order valence-corrected chi connectivity index (χ2v) is 5.91. The lowest BCUT2D eigenvalue weighted by Crippen LogP contribution is -2.40. The predicted molar refractivity (Wildman–Crippen MR) is 80.9 cm³/mol. The normalized spacial score (nSPS) is 18.2. The van der Waals surface area contributed by atoms with E-state index in [4.69, 9.17) is 5.11 Å². The molecule has 1 aromatic carbocycles. The Kier molecular flexibility index (Phi) is 5.92. The number of hydrogen-bond donors (Lipinski definition) is 1. The quantitative estimate of drug-likeness (QED) is 0.879. The third-order valence-electron chi connectivity index (χ3n) is 4.18. The van der Waals surface area contributed by atoms with Crippen LogP contribution in [0.5, 0.6) is 0 Å². The molecule has 1 saturated heterocycles. The van der Waals surface area contributed by atoms with Crippen LogP contribution in [0.4, 0.5) is 4.39 Å². The van der Waals surface area contributed by atoms with Crippen molar-refractivity contribution in [1.29, 1.82) is 0 Å². The SMILES string of the molecule is O=C(O)CCC1CCCN(C(=O)CCc2ccc(F)cc2)C1. The Morgan fingerprint density at radius 1 is 1.23 bits per heavy atom. The molecule has 1 unspecified atom stereocenters. The van der Waals surface area contributed by atoms with Gasteiger partial charge in [0.15, 0.2) is 0 Å². The summed E-state index contributed by atoms with van der Waals surface area (Å²) < 4.78 is 12.8. The van der Waals surface area contributed by atoms with E-state index in [1.165, 1.54) is 12.1 Å². The van der Waals surface area contributed by atoms with Gasteiger partial charge in [0, 0.05) is 25.9 Å². The number of piperidine rings is 1. The number of halogens is 1. The van der Waals surface area contributed by atoms with Crippen molar-refractivity contribution in [1.82, 2.24) is 4.90 Å². The van der Waals surface area contributed by atoms with Crippen molar-refractivity contribution in [2.24, 2.45) is 5.92 Å². The minimum absolute atomic E-state index is 0.101. The number of aryl methyl sites for hydroxylation is 1. The molecule has 1 aliphatic rings. The summed E-state index contributed by atoms with van der Waals surface area (Å²) in [5.74, 6) is -0.656. The number of carboxylic acids is 1. The lowest BCUT2D eigenvalue weighted by Gasteiger charge is -2.32. The van der Waals surface area contributed by atoms with E-state index in [-0.39, 0.29) is 18.1 Å². The number of amides is 1. The maximum absolute atomic E-state index is 12.8. The maximum Gasteiger partial charge on any atom is 0.303 e. The molecule has 0 aromatic heterocycles. The Morgan fingerprint density at radius 3 is 2.64 bits per heavy atom. The van der Waals surface area contributed by atoms with Gasteiger partial charge >= 0.3 is 5.97 Å². The molecule has 0 saturated carbocycles. The number of rotatable bonds is 6. The van der Waals surface area contributed by atoms with E-state index in [0.717, 1.165) is 24.9 Å². The van der Waals surface area contributed by atoms with E-state index in [1.54, 1.807) is 12.1 Å². The van der Waals surface area contributed by atoms with Crippen molar-refractivity contribution in [3.8, 4) is 0 Å². The Bertz CT molecular complexity index is 515. The van der Waals surface area contributed by atoms with E-state index < -0.39 is 5.97 Å². The highest BCUT2D eigenvalue weighted by Gasteiger charge is 2.23. The molecule has 1 fully saturated rings. The van der Waals surface area contributed by atoms with Crippen molar-refractivity contribution in [2.75, 3.05) is 13.1 Å². The fourth-order valence-corrected chi connectivity index (χ4v) is 2.92. The van der Waals surface area contributed by atoms with Gasteiger partial charge in [-0.15, -0.1) is 0 Å². The number of likely N-dealkylation sites (tertiary alicyclic amines) is 1. The summed E-state index contributed by atoms with van der Waals surface area (Å²) in [7, 11) is 0. The molecular weight excluding hydrogens is 285 g/mol. The number of nitrogens with zero attached hydrogens (tertiary/aromatic N) is 1. The number of carboxylic acid groups (broad SMARTS) is 1. The molecule has 1 N–H and O–H groups in total. The second kappa shape index (κ2) is 7.92. The summed E-state index contributed by atoms with van der Waals surface area (Å²) in [6, 6.07) is 6.22. The molecule has 1 amide bonds. The van der Waals surface area contributed by atoms with E-state index in [1.807, 2.05) is 4.90 Å². The Labute approximate surface area is 129 Å². The molecule has 22 heavy (non-hydrogen) atoms. The molecule has 120 valence electrons. The molecule has 0 radical (unpaired) electrons. The van der Waals surface area contributed by atoms with Crippen LogP contribution in [0.1, 0.15) is 37.7 Å². The van der Waals surface area contributed by atoms with E-state index in [9.17, 15) is 14.0 Å². The molecule has 4 nitrogen and oxygen atoms in total. The third kappa shape index (κ3) is 5.13. The molecule has 1 heterocycles. The first kappa shape index (κ1) is 16.5. The zero-order valence-corrected chi connectivity index (χ0v) is 12.6. The summed E-state index contributed by atoms with van der Waals surface area (Å²) in [6.45, 7) is 1.42. The van der Waals surface area contributed by atoms with Crippen molar-refractivity contribution < 1.29 is 19.1 Å². The Hall–Kier alpha value is -1.91. The van der Waals surface area contributed by atoms with Gasteiger partial charge in [-0.1, -0.05) is 12.1 Å². The fraction of sp³-hybridized carbons (Fsp3) is 0.529. The highest BCUT2D eigenvalue weighted by molar-refractivity contribution is 5.76. The summed E-state index contributed by atoms with van der Waals surface area (Å²) in [5.41, 5.74) is 0.953. The standard InChI is InChI=1S/C17H22FNO3/c18-15-7-3-13(4-8-15)5-9-16(20)19-11-1-2-14(12-19)6-10-17(21)22/h3-4,7-8,14H,1-2,5-6,9-12H2,(H,21,22). The number of benzene rings is 1. The largest absolute Gasteiger partial charge is 0.481 e. The summed E-state index contributed by atoms with van der Waals surface area (Å²) >= 11 is 0. The monoisotopic (exact) mass is 307 g/mol. The van der Waals surface area contributed by atoms with Gasteiger partial charge < -0.3 is 10.0 Å². The summed E-state index contributed by atoms with van der Waals surface area (Å²) in [5, 5.41) is 8.74. The van der Waals surface area contributed by atoms with Gasteiger partial charge in [-0.2, -0.15) is 0 Å². The van der Waals surface area contributed by atoms with Gasteiger partial charge in [-0.05, 0) is 49.3 Å². The highest BCUT2D eigenvalue weighted by atomic mass is 19.1. The molecule has 0 aliphatic carbocycles. The zero-order chi connectivity index (χ0) is 15.9. The van der Waals surface area contributed by atoms with Crippen molar-refractivity contribution in [3.05, 3.63) is 35.6 Å². The van der Waals surface area contributed by atoms with Crippen LogP contribution in [-0.2, 0) is 16.0 Å². The smallest absolute Gasteiger partial charge is 0.303 e. The van der Waals surface area contributed by atoms with Crippen LogP contribution in [0, 0.1) is 11.7 Å². The van der Waals surface area contributed by atoms with Crippen molar-refractivity contribution in [3.63, 3.8) is 0 Å². The lowest BCUT2D eigenvalue weighted by molar-refractivity contribution is -0.137. The topological polar surface area (TPSA) is 57.6 Å². The number of hydrogen-bond acceptors (Lipinski definition) is 2. The zero-order valence-electron chi connectivity index (χ0n) is 12.6. The molecule has 0 spiro atoms. The average molecular weight is 307 g/mol. The number of aliphatic carboxylic acids is 1. The fourth-order valence-electron chi connectivity index (χ4n) is 2.92.